The van der Waals surface area contributed by atoms with Crippen molar-refractivity contribution in [1.29, 1.82) is 0 Å². The minimum atomic E-state index is 0.239. The number of benzene rings is 3. The lowest BCUT2D eigenvalue weighted by atomic mass is 9.97. The molecule has 1 N–H and O–H groups in total. The molecular weight excluding hydrogens is 432 g/mol. The second-order valence-electron chi connectivity index (χ2n) is 8.78. The first-order valence-corrected chi connectivity index (χ1v) is 12.3. The lowest BCUT2D eigenvalue weighted by Gasteiger charge is -2.17. The highest BCUT2D eigenvalue weighted by Gasteiger charge is 2.23. The second-order valence-corrected chi connectivity index (χ2v) is 8.78. The molecule has 5 aromatic rings. The van der Waals surface area contributed by atoms with E-state index in [9.17, 15) is 0 Å². The predicted octanol–water partition coefficient (Wildman–Crippen LogP) is 6.76. The van der Waals surface area contributed by atoms with E-state index in [0.29, 0.717) is 0 Å². The molecule has 5 rings (SSSR count). The number of rotatable bonds is 10. The fourth-order valence-electron chi connectivity index (χ4n) is 4.64. The number of imidazole rings is 1. The molecular formula is C29H30N6. The number of hydrogen-bond acceptors (Lipinski definition) is 4. The van der Waals surface area contributed by atoms with E-state index in [1.165, 1.54) is 0 Å². The summed E-state index contributed by atoms with van der Waals surface area (Å²) in [6, 6.07) is 31.5. The summed E-state index contributed by atoms with van der Waals surface area (Å²) in [4.78, 5) is 5.24. The SMILES string of the molecule is CCCCC(CCn1c(-c2ccccc2)nc(-c2ccccc2)c1-c1ccccc1)c1nn[nH]n1. The molecule has 2 aromatic heterocycles. The Morgan fingerprint density at radius 2 is 1.40 bits per heavy atom. The molecule has 0 saturated carbocycles. The van der Waals surface area contributed by atoms with Gasteiger partial charge in [-0.05, 0) is 12.8 Å². The lowest BCUT2D eigenvalue weighted by molar-refractivity contribution is 0.486. The van der Waals surface area contributed by atoms with Crippen LogP contribution in [0.15, 0.2) is 91.0 Å². The van der Waals surface area contributed by atoms with Gasteiger partial charge in [-0.2, -0.15) is 5.21 Å². The van der Waals surface area contributed by atoms with Crippen molar-refractivity contribution in [2.75, 3.05) is 0 Å². The summed E-state index contributed by atoms with van der Waals surface area (Å²) in [5.74, 6) is 2.01. The zero-order valence-electron chi connectivity index (χ0n) is 20.0. The van der Waals surface area contributed by atoms with Crippen molar-refractivity contribution >= 4 is 0 Å². The molecule has 1 unspecified atom stereocenters. The smallest absolute Gasteiger partial charge is 0.177 e. The second kappa shape index (κ2) is 10.9. The number of tetrazole rings is 1. The Morgan fingerprint density at radius 3 is 2.00 bits per heavy atom. The summed E-state index contributed by atoms with van der Waals surface area (Å²) in [5, 5.41) is 15.1. The monoisotopic (exact) mass is 462 g/mol. The maximum absolute atomic E-state index is 5.24. The molecule has 0 fully saturated rings. The van der Waals surface area contributed by atoms with Gasteiger partial charge in [-0.15, -0.1) is 10.2 Å². The van der Waals surface area contributed by atoms with Crippen molar-refractivity contribution in [2.45, 2.75) is 45.1 Å². The van der Waals surface area contributed by atoms with E-state index in [0.717, 1.165) is 72.0 Å². The Bertz CT molecular complexity index is 1310. The molecule has 0 bridgehead atoms. The Balaban J connectivity index is 1.63. The van der Waals surface area contributed by atoms with Gasteiger partial charge in [0.15, 0.2) is 5.82 Å². The first-order chi connectivity index (χ1) is 17.3. The van der Waals surface area contributed by atoms with E-state index >= 15 is 0 Å². The van der Waals surface area contributed by atoms with Gasteiger partial charge < -0.3 is 4.57 Å². The molecule has 1 atom stereocenters. The number of nitrogens with one attached hydrogen (secondary N) is 1. The third kappa shape index (κ3) is 5.06. The summed E-state index contributed by atoms with van der Waals surface area (Å²) in [5.41, 5.74) is 5.52. The van der Waals surface area contributed by atoms with Gasteiger partial charge in [0, 0.05) is 29.2 Å². The van der Waals surface area contributed by atoms with Gasteiger partial charge in [0.1, 0.15) is 5.82 Å². The molecule has 0 aliphatic rings. The Labute approximate surface area is 206 Å². The van der Waals surface area contributed by atoms with Crippen LogP contribution < -0.4 is 0 Å². The zero-order chi connectivity index (χ0) is 23.9. The number of aromatic nitrogens is 6. The van der Waals surface area contributed by atoms with E-state index < -0.39 is 0 Å². The van der Waals surface area contributed by atoms with Gasteiger partial charge >= 0.3 is 0 Å². The number of H-pyrrole nitrogens is 1. The van der Waals surface area contributed by atoms with Crippen LogP contribution in [-0.2, 0) is 6.54 Å². The molecule has 0 saturated heterocycles. The first-order valence-electron chi connectivity index (χ1n) is 12.3. The quantitative estimate of drug-likeness (QED) is 0.249. The third-order valence-electron chi connectivity index (χ3n) is 6.43. The van der Waals surface area contributed by atoms with Gasteiger partial charge in [0.05, 0.1) is 11.4 Å². The largest absolute Gasteiger partial charge is 0.323 e. The highest BCUT2D eigenvalue weighted by molar-refractivity contribution is 5.82. The van der Waals surface area contributed by atoms with Crippen molar-refractivity contribution in [3.05, 3.63) is 96.8 Å². The van der Waals surface area contributed by atoms with Crippen molar-refractivity contribution in [2.24, 2.45) is 0 Å². The number of aromatic amines is 1. The first kappa shape index (κ1) is 22.7. The standard InChI is InChI=1S/C29H30N6/c1-2-3-13-24(28-31-33-34-32-28)20-21-35-27(23-16-9-5-10-17-23)26(22-14-7-4-8-15-22)30-29(35)25-18-11-6-12-19-25/h4-12,14-19,24H,2-3,13,20-21H2,1H3,(H,31,32,33,34). The number of hydrogen-bond donors (Lipinski definition) is 1. The van der Waals surface area contributed by atoms with Gasteiger partial charge in [0.2, 0.25) is 0 Å². The van der Waals surface area contributed by atoms with Crippen LogP contribution in [0.4, 0.5) is 0 Å². The van der Waals surface area contributed by atoms with Crippen LogP contribution in [0, 0.1) is 0 Å². The molecule has 6 nitrogen and oxygen atoms in total. The molecule has 0 amide bonds. The molecule has 2 heterocycles. The van der Waals surface area contributed by atoms with Crippen molar-refractivity contribution in [3.8, 4) is 33.9 Å². The Hall–Kier alpha value is -4.06. The molecule has 3 aromatic carbocycles. The molecule has 0 radical (unpaired) electrons. The van der Waals surface area contributed by atoms with E-state index in [1.807, 2.05) is 12.1 Å². The third-order valence-corrected chi connectivity index (χ3v) is 6.43. The molecule has 0 aliphatic carbocycles. The minimum Gasteiger partial charge on any atom is -0.323 e. The van der Waals surface area contributed by atoms with E-state index in [2.05, 4.69) is 111 Å². The van der Waals surface area contributed by atoms with Crippen LogP contribution in [0.3, 0.4) is 0 Å². The highest BCUT2D eigenvalue weighted by atomic mass is 15.5. The normalized spacial score (nSPS) is 12.0. The fraction of sp³-hybridized carbons (Fsp3) is 0.241. The van der Waals surface area contributed by atoms with Gasteiger partial charge in [-0.25, -0.2) is 4.98 Å². The maximum Gasteiger partial charge on any atom is 0.177 e. The summed E-state index contributed by atoms with van der Waals surface area (Å²) >= 11 is 0. The summed E-state index contributed by atoms with van der Waals surface area (Å²) < 4.78 is 2.38. The number of nitrogens with zero attached hydrogens (tertiary/aromatic N) is 5. The van der Waals surface area contributed by atoms with E-state index in [-0.39, 0.29) is 5.92 Å². The summed E-state index contributed by atoms with van der Waals surface area (Å²) in [6.07, 6.45) is 4.22. The van der Waals surface area contributed by atoms with E-state index in [4.69, 9.17) is 4.98 Å². The van der Waals surface area contributed by atoms with Crippen LogP contribution in [0.25, 0.3) is 33.9 Å². The van der Waals surface area contributed by atoms with Crippen LogP contribution in [0.2, 0.25) is 0 Å². The van der Waals surface area contributed by atoms with Gasteiger partial charge in [0.25, 0.3) is 0 Å². The summed E-state index contributed by atoms with van der Waals surface area (Å²) in [6.45, 7) is 3.02. The molecule has 176 valence electrons. The van der Waals surface area contributed by atoms with Crippen LogP contribution in [0.5, 0.6) is 0 Å². The number of unbranched alkanes of at least 4 members (excludes halogenated alkanes) is 1. The molecule has 6 heteroatoms. The fourth-order valence-corrected chi connectivity index (χ4v) is 4.64. The predicted molar refractivity (Wildman–Crippen MR) is 140 cm³/mol. The minimum absolute atomic E-state index is 0.239. The molecule has 0 aliphatic heterocycles. The van der Waals surface area contributed by atoms with Crippen molar-refractivity contribution in [1.82, 2.24) is 30.2 Å². The van der Waals surface area contributed by atoms with Crippen molar-refractivity contribution in [3.63, 3.8) is 0 Å². The highest BCUT2D eigenvalue weighted by Crippen LogP contribution is 2.37. The maximum atomic E-state index is 5.24. The van der Waals surface area contributed by atoms with Crippen LogP contribution in [0.1, 0.15) is 44.3 Å². The average Bonchev–Trinajstić information content (AvgIpc) is 3.59. The molecule has 0 spiro atoms. The topological polar surface area (TPSA) is 72.3 Å². The van der Waals surface area contributed by atoms with Crippen LogP contribution >= 0.6 is 0 Å². The Kier molecular flexibility index (Phi) is 7.08. The van der Waals surface area contributed by atoms with Gasteiger partial charge in [-0.3, -0.25) is 0 Å². The van der Waals surface area contributed by atoms with Gasteiger partial charge in [-0.1, -0.05) is 116 Å². The average molecular weight is 463 g/mol. The van der Waals surface area contributed by atoms with Crippen molar-refractivity contribution < 1.29 is 0 Å². The lowest BCUT2D eigenvalue weighted by Crippen LogP contribution is -2.10. The van der Waals surface area contributed by atoms with Crippen LogP contribution in [-0.4, -0.2) is 30.2 Å². The Morgan fingerprint density at radius 1 is 0.771 bits per heavy atom. The zero-order valence-corrected chi connectivity index (χ0v) is 20.0. The summed E-state index contributed by atoms with van der Waals surface area (Å²) in [7, 11) is 0. The molecule has 35 heavy (non-hydrogen) atoms. The van der Waals surface area contributed by atoms with E-state index in [1.54, 1.807) is 0 Å².